The summed E-state index contributed by atoms with van der Waals surface area (Å²) in [7, 11) is 0. The molecule has 0 bridgehead atoms. The summed E-state index contributed by atoms with van der Waals surface area (Å²) in [6.07, 6.45) is 0. The molecule has 0 aliphatic heterocycles. The summed E-state index contributed by atoms with van der Waals surface area (Å²) in [6.45, 7) is 0. The largest absolute Gasteiger partial charge is 0.308 e. The molecule has 0 aliphatic rings. The minimum atomic E-state index is 1.17. The third kappa shape index (κ3) is 3.20. The van der Waals surface area contributed by atoms with Crippen LogP contribution < -0.4 is 0 Å². The van der Waals surface area contributed by atoms with E-state index in [1.54, 1.807) is 0 Å². The maximum Gasteiger partial charge on any atom is 0.0634 e. The number of benzene rings is 7. The van der Waals surface area contributed by atoms with E-state index in [0.29, 0.717) is 0 Å². The van der Waals surface area contributed by atoms with Crippen LogP contribution in [0.25, 0.3) is 95.3 Å². The van der Waals surface area contributed by atoms with Crippen LogP contribution in [0, 0.1) is 0 Å². The topological polar surface area (TPSA) is 9.86 Å². The minimum Gasteiger partial charge on any atom is -0.308 e. The Morgan fingerprint density at radius 3 is 1.26 bits per heavy atom. The first kappa shape index (κ1) is 24.8. The third-order valence-corrected chi connectivity index (χ3v) is 12.0. The Labute approximate surface area is 271 Å². The van der Waals surface area contributed by atoms with Gasteiger partial charge in [0.25, 0.3) is 0 Å². The van der Waals surface area contributed by atoms with Gasteiger partial charge in [0.1, 0.15) is 0 Å². The highest BCUT2D eigenvalue weighted by molar-refractivity contribution is 7.26. The fourth-order valence-electron chi connectivity index (χ4n) is 7.84. The van der Waals surface area contributed by atoms with Crippen molar-refractivity contribution < 1.29 is 0 Å². The molecule has 0 atom stereocenters. The van der Waals surface area contributed by atoms with Crippen molar-refractivity contribution >= 4 is 107 Å². The summed E-state index contributed by atoms with van der Waals surface area (Å²) in [5, 5.41) is 10.5. The van der Waals surface area contributed by atoms with Crippen molar-refractivity contribution in [1.29, 1.82) is 0 Å². The molecule has 11 rings (SSSR count). The molecule has 4 heterocycles. The predicted molar refractivity (Wildman–Crippen MR) is 201 cm³/mol. The molecule has 0 N–H and O–H groups in total. The highest BCUT2D eigenvalue weighted by Gasteiger charge is 2.20. The quantitative estimate of drug-likeness (QED) is 0.182. The SMILES string of the molecule is c1cc(-n2c3ccccc3c3ccc4sc5ccccc5c4c32)cc(-n2c3ccccc3c3ccc4sc5ccccc5c4c32)c1. The number of rotatable bonds is 2. The zero-order valence-electron chi connectivity index (χ0n) is 24.6. The Balaban J connectivity index is 1.28. The lowest BCUT2D eigenvalue weighted by Gasteiger charge is -2.14. The molecule has 0 unspecified atom stereocenters. The summed E-state index contributed by atoms with van der Waals surface area (Å²) in [6, 6.07) is 53.8. The fourth-order valence-corrected chi connectivity index (χ4v) is 10.1. The first-order chi connectivity index (χ1) is 22.8. The number of nitrogens with zero attached hydrogens (tertiary/aromatic N) is 2. The molecule has 7 aromatic carbocycles. The Kier molecular flexibility index (Phi) is 4.90. The Morgan fingerprint density at radius 2 is 0.761 bits per heavy atom. The Bertz CT molecular complexity index is 2840. The van der Waals surface area contributed by atoms with Crippen LogP contribution in [0.15, 0.2) is 146 Å². The fraction of sp³-hybridized carbons (Fsp3) is 0. The minimum absolute atomic E-state index is 1.17. The molecule has 0 saturated carbocycles. The average molecular weight is 621 g/mol. The standard InChI is InChI=1S/C42H24N2S2/c1-5-16-33-27(12-1)29-20-22-37-39(31-14-3-7-18-35(31)45-37)41(29)43(33)25-10-9-11-26(24-25)44-34-17-6-2-13-28(34)30-21-23-38-40(42(30)44)32-15-4-8-19-36(32)46-38/h1-24H. The number of aromatic nitrogens is 2. The summed E-state index contributed by atoms with van der Waals surface area (Å²) < 4.78 is 10.3. The van der Waals surface area contributed by atoms with Gasteiger partial charge in [-0.15, -0.1) is 22.7 Å². The Hall–Kier alpha value is -5.42. The molecule has 0 fully saturated rings. The number of para-hydroxylation sites is 2. The first-order valence-corrected chi connectivity index (χ1v) is 17.2. The molecule has 0 amide bonds. The first-order valence-electron chi connectivity index (χ1n) is 15.6. The van der Waals surface area contributed by atoms with Gasteiger partial charge in [-0.3, -0.25) is 0 Å². The van der Waals surface area contributed by atoms with Crippen molar-refractivity contribution in [3.63, 3.8) is 0 Å². The van der Waals surface area contributed by atoms with Gasteiger partial charge in [-0.2, -0.15) is 0 Å². The lowest BCUT2D eigenvalue weighted by molar-refractivity contribution is 1.14. The smallest absolute Gasteiger partial charge is 0.0634 e. The molecule has 4 aromatic heterocycles. The van der Waals surface area contributed by atoms with E-state index in [0.717, 1.165) is 0 Å². The second-order valence-electron chi connectivity index (χ2n) is 12.1. The van der Waals surface area contributed by atoms with Crippen molar-refractivity contribution in [3.05, 3.63) is 146 Å². The highest BCUT2D eigenvalue weighted by atomic mass is 32.1. The van der Waals surface area contributed by atoms with E-state index in [1.165, 1.54) is 95.3 Å². The monoisotopic (exact) mass is 620 g/mol. The zero-order valence-corrected chi connectivity index (χ0v) is 26.2. The summed E-state index contributed by atoms with van der Waals surface area (Å²) in [4.78, 5) is 0. The molecule has 2 nitrogen and oxygen atoms in total. The third-order valence-electron chi connectivity index (χ3n) is 9.70. The maximum atomic E-state index is 2.50. The van der Waals surface area contributed by atoms with Crippen LogP contribution >= 0.6 is 22.7 Å². The van der Waals surface area contributed by atoms with Crippen LogP contribution in [-0.2, 0) is 0 Å². The number of hydrogen-bond donors (Lipinski definition) is 0. The van der Waals surface area contributed by atoms with Crippen molar-refractivity contribution in [1.82, 2.24) is 9.13 Å². The molecule has 0 aliphatic carbocycles. The molecule has 4 heteroatoms. The second-order valence-corrected chi connectivity index (χ2v) is 14.3. The van der Waals surface area contributed by atoms with Gasteiger partial charge in [0.15, 0.2) is 0 Å². The molecule has 11 aromatic rings. The van der Waals surface area contributed by atoms with E-state index < -0.39 is 0 Å². The van der Waals surface area contributed by atoms with Crippen molar-refractivity contribution in [2.75, 3.05) is 0 Å². The lowest BCUT2D eigenvalue weighted by Crippen LogP contribution is -1.99. The number of hydrogen-bond acceptors (Lipinski definition) is 2. The number of thiophene rings is 2. The van der Waals surface area contributed by atoms with Gasteiger partial charge in [-0.25, -0.2) is 0 Å². The van der Waals surface area contributed by atoms with Gasteiger partial charge in [0, 0.05) is 73.3 Å². The lowest BCUT2D eigenvalue weighted by atomic mass is 10.1. The summed E-state index contributed by atoms with van der Waals surface area (Å²) in [5.74, 6) is 0. The van der Waals surface area contributed by atoms with Crippen molar-refractivity contribution in [2.24, 2.45) is 0 Å². The molecule has 214 valence electrons. The normalized spacial score (nSPS) is 12.3. The maximum absolute atomic E-state index is 2.50. The summed E-state index contributed by atoms with van der Waals surface area (Å²) in [5.41, 5.74) is 7.35. The van der Waals surface area contributed by atoms with E-state index in [4.69, 9.17) is 0 Å². The van der Waals surface area contributed by atoms with Gasteiger partial charge >= 0.3 is 0 Å². The molecular weight excluding hydrogens is 597 g/mol. The van der Waals surface area contributed by atoms with Crippen LogP contribution in [-0.4, -0.2) is 9.13 Å². The molecular formula is C42H24N2S2. The molecule has 0 saturated heterocycles. The van der Waals surface area contributed by atoms with Crippen molar-refractivity contribution in [2.45, 2.75) is 0 Å². The van der Waals surface area contributed by atoms with Gasteiger partial charge in [-0.05, 0) is 54.6 Å². The van der Waals surface area contributed by atoms with Gasteiger partial charge < -0.3 is 9.13 Å². The van der Waals surface area contributed by atoms with Gasteiger partial charge in [0.05, 0.1) is 22.1 Å². The van der Waals surface area contributed by atoms with Crippen LogP contribution in [0.1, 0.15) is 0 Å². The predicted octanol–water partition coefficient (Wildman–Crippen LogP) is 12.6. The van der Waals surface area contributed by atoms with Gasteiger partial charge in [0.2, 0.25) is 0 Å². The Morgan fingerprint density at radius 1 is 0.326 bits per heavy atom. The van der Waals surface area contributed by atoms with E-state index in [2.05, 4.69) is 155 Å². The highest BCUT2D eigenvalue weighted by Crippen LogP contribution is 2.45. The van der Waals surface area contributed by atoms with Crippen LogP contribution in [0.4, 0.5) is 0 Å². The van der Waals surface area contributed by atoms with Gasteiger partial charge in [-0.1, -0.05) is 91.0 Å². The number of fused-ring (bicyclic) bond motifs is 14. The van der Waals surface area contributed by atoms with Crippen LogP contribution in [0.3, 0.4) is 0 Å². The average Bonchev–Trinajstić information content (AvgIpc) is 3.85. The van der Waals surface area contributed by atoms with Crippen molar-refractivity contribution in [3.8, 4) is 11.4 Å². The van der Waals surface area contributed by atoms with Crippen LogP contribution in [0.5, 0.6) is 0 Å². The van der Waals surface area contributed by atoms with Crippen LogP contribution in [0.2, 0.25) is 0 Å². The van der Waals surface area contributed by atoms with E-state index in [1.807, 2.05) is 22.7 Å². The zero-order chi connectivity index (χ0) is 29.9. The summed E-state index contributed by atoms with van der Waals surface area (Å²) >= 11 is 3.76. The molecule has 0 spiro atoms. The second kappa shape index (κ2) is 9.07. The van der Waals surface area contributed by atoms with E-state index in [9.17, 15) is 0 Å². The van der Waals surface area contributed by atoms with E-state index >= 15 is 0 Å². The van der Waals surface area contributed by atoms with E-state index in [-0.39, 0.29) is 0 Å². The molecule has 46 heavy (non-hydrogen) atoms. The molecule has 0 radical (unpaired) electrons.